The molecule has 0 aliphatic rings. The van der Waals surface area contributed by atoms with Gasteiger partial charge < -0.3 is 20.9 Å². The molecule has 0 spiro atoms. The van der Waals surface area contributed by atoms with E-state index in [1.165, 1.54) is 6.92 Å². The van der Waals surface area contributed by atoms with Gasteiger partial charge in [-0.1, -0.05) is 18.2 Å². The van der Waals surface area contributed by atoms with Crippen molar-refractivity contribution in [3.05, 3.63) is 30.3 Å². The first-order chi connectivity index (χ1) is 9.40. The number of carboxylic acids is 1. The molecule has 0 fully saturated rings. The first-order valence-electron chi connectivity index (χ1n) is 5.93. The Morgan fingerprint density at radius 2 is 1.90 bits per heavy atom. The van der Waals surface area contributed by atoms with Gasteiger partial charge in [-0.05, 0) is 19.1 Å². The van der Waals surface area contributed by atoms with E-state index in [2.05, 4.69) is 5.32 Å². The fraction of sp³-hybridized carbons (Fsp3) is 0.308. The van der Waals surface area contributed by atoms with E-state index >= 15 is 0 Å². The Morgan fingerprint density at radius 1 is 1.30 bits per heavy atom. The zero-order chi connectivity index (χ0) is 15.1. The summed E-state index contributed by atoms with van der Waals surface area (Å²) in [5.41, 5.74) is 4.92. The Morgan fingerprint density at radius 3 is 2.40 bits per heavy atom. The third-order valence-corrected chi connectivity index (χ3v) is 2.45. The molecule has 1 rings (SSSR count). The molecule has 7 heteroatoms. The molecule has 2 amide bonds. The summed E-state index contributed by atoms with van der Waals surface area (Å²) in [4.78, 5) is 33.4. The Bertz CT molecular complexity index is 489. The molecule has 0 aromatic heterocycles. The number of nitrogens with one attached hydrogen (secondary N) is 1. The topological polar surface area (TPSA) is 119 Å². The normalized spacial score (nSPS) is 13.1. The summed E-state index contributed by atoms with van der Waals surface area (Å²) in [5.74, 6) is -2.29. The van der Waals surface area contributed by atoms with Crippen LogP contribution in [0.2, 0.25) is 0 Å². The first kappa shape index (κ1) is 15.5. The summed E-state index contributed by atoms with van der Waals surface area (Å²) in [6.07, 6.45) is -1.37. The van der Waals surface area contributed by atoms with Crippen LogP contribution in [0.15, 0.2) is 30.3 Å². The van der Waals surface area contributed by atoms with Gasteiger partial charge in [0.25, 0.3) is 5.91 Å². The average molecular weight is 280 g/mol. The highest BCUT2D eigenvalue weighted by molar-refractivity contribution is 5.89. The van der Waals surface area contributed by atoms with Crippen molar-refractivity contribution >= 4 is 17.8 Å². The van der Waals surface area contributed by atoms with Gasteiger partial charge >= 0.3 is 5.97 Å². The molecule has 0 radical (unpaired) electrons. The number of nitrogens with two attached hydrogens (primary N) is 1. The maximum absolute atomic E-state index is 11.8. The van der Waals surface area contributed by atoms with E-state index in [1.807, 2.05) is 0 Å². The van der Waals surface area contributed by atoms with Crippen LogP contribution in [0.4, 0.5) is 0 Å². The summed E-state index contributed by atoms with van der Waals surface area (Å²) < 4.78 is 5.34. The number of hydrogen-bond donors (Lipinski definition) is 3. The van der Waals surface area contributed by atoms with Crippen LogP contribution in [0.1, 0.15) is 13.3 Å². The van der Waals surface area contributed by atoms with Crippen molar-refractivity contribution in [3.63, 3.8) is 0 Å². The molecular formula is C13H16N2O5. The number of amides is 2. The number of carbonyl (C=O) groups is 3. The third-order valence-electron chi connectivity index (χ3n) is 2.45. The van der Waals surface area contributed by atoms with Crippen LogP contribution in [0.25, 0.3) is 0 Å². The van der Waals surface area contributed by atoms with E-state index in [9.17, 15) is 14.4 Å². The van der Waals surface area contributed by atoms with Crippen molar-refractivity contribution in [2.45, 2.75) is 25.5 Å². The predicted molar refractivity (Wildman–Crippen MR) is 69.9 cm³/mol. The summed E-state index contributed by atoms with van der Waals surface area (Å²) in [7, 11) is 0. The number of rotatable bonds is 7. The van der Waals surface area contributed by atoms with E-state index < -0.39 is 36.4 Å². The molecule has 20 heavy (non-hydrogen) atoms. The molecule has 4 N–H and O–H groups in total. The second kappa shape index (κ2) is 7.13. The Kier molecular flexibility index (Phi) is 5.52. The predicted octanol–water partition coefficient (Wildman–Crippen LogP) is -0.101. The summed E-state index contributed by atoms with van der Waals surface area (Å²) in [6, 6.07) is 7.26. The van der Waals surface area contributed by atoms with Crippen LogP contribution in [-0.2, 0) is 14.4 Å². The highest BCUT2D eigenvalue weighted by Gasteiger charge is 2.25. The van der Waals surface area contributed by atoms with Crippen LogP contribution in [0, 0.1) is 0 Å². The van der Waals surface area contributed by atoms with Gasteiger partial charge in [0.05, 0.1) is 6.42 Å². The van der Waals surface area contributed by atoms with Crippen LogP contribution in [0.5, 0.6) is 5.75 Å². The van der Waals surface area contributed by atoms with E-state index in [0.717, 1.165) is 0 Å². The number of primary amides is 1. The van der Waals surface area contributed by atoms with Crippen LogP contribution < -0.4 is 15.8 Å². The van der Waals surface area contributed by atoms with Gasteiger partial charge in [0.1, 0.15) is 11.8 Å². The molecule has 0 aliphatic heterocycles. The number of para-hydroxylation sites is 1. The third kappa shape index (κ3) is 4.97. The lowest BCUT2D eigenvalue weighted by molar-refractivity contribution is -0.144. The number of hydrogen-bond acceptors (Lipinski definition) is 4. The molecule has 1 aromatic carbocycles. The number of carboxylic acid groups (broad SMARTS) is 1. The minimum absolute atomic E-state index is 0.473. The minimum Gasteiger partial charge on any atom is -0.481 e. The molecule has 0 saturated carbocycles. The molecule has 108 valence electrons. The van der Waals surface area contributed by atoms with Crippen molar-refractivity contribution in [1.82, 2.24) is 5.32 Å². The lowest BCUT2D eigenvalue weighted by Gasteiger charge is -2.18. The van der Waals surface area contributed by atoms with Crippen molar-refractivity contribution in [3.8, 4) is 5.75 Å². The molecule has 1 aromatic rings. The van der Waals surface area contributed by atoms with Crippen molar-refractivity contribution < 1.29 is 24.2 Å². The van der Waals surface area contributed by atoms with E-state index in [0.29, 0.717) is 5.75 Å². The second-order valence-corrected chi connectivity index (χ2v) is 4.14. The van der Waals surface area contributed by atoms with Crippen molar-refractivity contribution in [1.29, 1.82) is 0 Å². The number of carbonyl (C=O) groups excluding carboxylic acids is 2. The van der Waals surface area contributed by atoms with Gasteiger partial charge in [0.15, 0.2) is 6.10 Å². The Balaban J connectivity index is 2.59. The second-order valence-electron chi connectivity index (χ2n) is 4.14. The standard InChI is InChI=1S/C13H16N2O5/c1-8(20-9-5-3-2-4-6-9)12(17)15-10(13(18)19)7-11(14)16/h2-6,8,10H,7H2,1H3,(H2,14,16)(H,15,17)(H,18,19)/t8?,10-/m1/s1. The highest BCUT2D eigenvalue weighted by atomic mass is 16.5. The van der Waals surface area contributed by atoms with Crippen molar-refractivity contribution in [2.24, 2.45) is 5.73 Å². The SMILES string of the molecule is CC(Oc1ccccc1)C(=O)N[C@H](CC(N)=O)C(=O)O. The summed E-state index contributed by atoms with van der Waals surface area (Å²) in [5, 5.41) is 11.1. The van der Waals surface area contributed by atoms with Gasteiger partial charge in [-0.3, -0.25) is 9.59 Å². The largest absolute Gasteiger partial charge is 0.481 e. The van der Waals surface area contributed by atoms with Crippen LogP contribution >= 0.6 is 0 Å². The van der Waals surface area contributed by atoms with Gasteiger partial charge in [0.2, 0.25) is 5.91 Å². The Labute approximate surface area is 115 Å². The molecule has 1 unspecified atom stereocenters. The van der Waals surface area contributed by atoms with E-state index in [-0.39, 0.29) is 0 Å². The quantitative estimate of drug-likeness (QED) is 0.644. The van der Waals surface area contributed by atoms with E-state index in [4.69, 9.17) is 15.6 Å². The maximum atomic E-state index is 11.8. The molecule has 0 saturated heterocycles. The lowest BCUT2D eigenvalue weighted by atomic mass is 10.2. The summed E-state index contributed by atoms with van der Waals surface area (Å²) in [6.45, 7) is 1.48. The molecule has 0 heterocycles. The molecule has 0 aliphatic carbocycles. The van der Waals surface area contributed by atoms with Gasteiger partial charge in [-0.15, -0.1) is 0 Å². The Hall–Kier alpha value is -2.57. The van der Waals surface area contributed by atoms with Crippen LogP contribution in [0.3, 0.4) is 0 Å². The lowest BCUT2D eigenvalue weighted by Crippen LogP contribution is -2.47. The smallest absolute Gasteiger partial charge is 0.326 e. The minimum atomic E-state index is -1.36. The van der Waals surface area contributed by atoms with Crippen LogP contribution in [-0.4, -0.2) is 35.0 Å². The highest BCUT2D eigenvalue weighted by Crippen LogP contribution is 2.10. The fourth-order valence-electron chi connectivity index (χ4n) is 1.45. The molecule has 7 nitrogen and oxygen atoms in total. The number of benzene rings is 1. The number of ether oxygens (including phenoxy) is 1. The fourth-order valence-corrected chi connectivity index (χ4v) is 1.45. The zero-order valence-corrected chi connectivity index (χ0v) is 10.9. The number of aliphatic carboxylic acids is 1. The van der Waals surface area contributed by atoms with Gasteiger partial charge in [-0.25, -0.2) is 4.79 Å². The van der Waals surface area contributed by atoms with Crippen molar-refractivity contribution in [2.75, 3.05) is 0 Å². The molecule has 0 bridgehead atoms. The average Bonchev–Trinajstić information content (AvgIpc) is 2.38. The summed E-state index contributed by atoms with van der Waals surface area (Å²) >= 11 is 0. The van der Waals surface area contributed by atoms with Gasteiger partial charge in [-0.2, -0.15) is 0 Å². The van der Waals surface area contributed by atoms with Gasteiger partial charge in [0, 0.05) is 0 Å². The maximum Gasteiger partial charge on any atom is 0.326 e. The monoisotopic (exact) mass is 280 g/mol. The van der Waals surface area contributed by atoms with E-state index in [1.54, 1.807) is 30.3 Å². The molecule has 2 atom stereocenters. The first-order valence-corrected chi connectivity index (χ1v) is 5.93. The molecular weight excluding hydrogens is 264 g/mol. The zero-order valence-electron chi connectivity index (χ0n) is 10.9.